The standard InChI is InChI=1S/C19H27N5.BrH/c20-17-9-18(21)14-24(13-17)12-16-6-4-15(5-7-16)10-22-11-19-3-1-2-8-23-19;/h1-8,17-18,22H,9-14,20-21H2;1H/t17-,18+;. The molecule has 2 atom stereocenters. The van der Waals surface area contributed by atoms with Crippen LogP contribution in [0.15, 0.2) is 48.7 Å². The van der Waals surface area contributed by atoms with E-state index in [-0.39, 0.29) is 29.1 Å². The summed E-state index contributed by atoms with van der Waals surface area (Å²) in [4.78, 5) is 6.67. The van der Waals surface area contributed by atoms with E-state index in [9.17, 15) is 0 Å². The molecule has 1 aromatic heterocycles. The Morgan fingerprint density at radius 3 is 2.28 bits per heavy atom. The topological polar surface area (TPSA) is 80.2 Å². The lowest BCUT2D eigenvalue weighted by Crippen LogP contribution is -2.51. The highest BCUT2D eigenvalue weighted by atomic mass is 79.9. The molecule has 0 bridgehead atoms. The number of aromatic nitrogens is 1. The molecule has 0 aliphatic carbocycles. The predicted octanol–water partition coefficient (Wildman–Crippen LogP) is 1.81. The maximum absolute atomic E-state index is 6.06. The zero-order valence-corrected chi connectivity index (χ0v) is 16.2. The minimum atomic E-state index is 0. The normalized spacial score (nSPS) is 20.9. The van der Waals surface area contributed by atoms with E-state index in [0.29, 0.717) is 0 Å². The van der Waals surface area contributed by atoms with Gasteiger partial charge in [-0.3, -0.25) is 9.88 Å². The summed E-state index contributed by atoms with van der Waals surface area (Å²) in [5.41, 5.74) is 15.8. The number of benzene rings is 1. The van der Waals surface area contributed by atoms with E-state index in [1.54, 1.807) is 0 Å². The van der Waals surface area contributed by atoms with Gasteiger partial charge >= 0.3 is 0 Å². The van der Waals surface area contributed by atoms with Crippen molar-refractivity contribution in [3.63, 3.8) is 0 Å². The van der Waals surface area contributed by atoms with Crippen LogP contribution in [0.4, 0.5) is 0 Å². The first-order chi connectivity index (χ1) is 11.7. The van der Waals surface area contributed by atoms with E-state index in [2.05, 4.69) is 39.5 Å². The first-order valence-corrected chi connectivity index (χ1v) is 8.61. The van der Waals surface area contributed by atoms with Gasteiger partial charge in [0.2, 0.25) is 0 Å². The fourth-order valence-corrected chi connectivity index (χ4v) is 3.26. The Morgan fingerprint density at radius 2 is 1.64 bits per heavy atom. The summed E-state index contributed by atoms with van der Waals surface area (Å²) in [6.07, 6.45) is 2.75. The van der Waals surface area contributed by atoms with Crippen molar-refractivity contribution in [2.45, 2.75) is 38.1 Å². The van der Waals surface area contributed by atoms with Gasteiger partial charge in [-0.15, -0.1) is 17.0 Å². The third-order valence-corrected chi connectivity index (χ3v) is 4.38. The molecular weight excluding hydrogens is 378 g/mol. The van der Waals surface area contributed by atoms with Crippen LogP contribution < -0.4 is 16.8 Å². The van der Waals surface area contributed by atoms with Gasteiger partial charge in [0.1, 0.15) is 0 Å². The van der Waals surface area contributed by atoms with Crippen LogP contribution in [0.5, 0.6) is 0 Å². The van der Waals surface area contributed by atoms with Crippen LogP contribution in [0.3, 0.4) is 0 Å². The summed E-state index contributed by atoms with van der Waals surface area (Å²) in [6, 6.07) is 15.1. The maximum atomic E-state index is 6.06. The van der Waals surface area contributed by atoms with Crippen LogP contribution in [-0.2, 0) is 19.6 Å². The van der Waals surface area contributed by atoms with E-state index in [1.807, 2.05) is 24.4 Å². The van der Waals surface area contributed by atoms with Gasteiger partial charge in [0.15, 0.2) is 0 Å². The zero-order valence-electron chi connectivity index (χ0n) is 14.5. The fourth-order valence-electron chi connectivity index (χ4n) is 3.26. The summed E-state index contributed by atoms with van der Waals surface area (Å²) in [6.45, 7) is 4.41. The highest BCUT2D eigenvalue weighted by molar-refractivity contribution is 8.93. The largest absolute Gasteiger partial charge is 0.326 e. The molecule has 5 N–H and O–H groups in total. The van der Waals surface area contributed by atoms with Crippen LogP contribution in [0.1, 0.15) is 23.2 Å². The van der Waals surface area contributed by atoms with E-state index < -0.39 is 0 Å². The van der Waals surface area contributed by atoms with Gasteiger partial charge in [0, 0.05) is 51.0 Å². The molecule has 0 amide bonds. The van der Waals surface area contributed by atoms with Crippen molar-refractivity contribution in [1.29, 1.82) is 0 Å². The maximum Gasteiger partial charge on any atom is 0.0541 e. The quantitative estimate of drug-likeness (QED) is 0.682. The fraction of sp³-hybridized carbons (Fsp3) is 0.421. The SMILES string of the molecule is Br.N[C@@H]1C[C@H](N)CN(Cc2ccc(CNCc3ccccn3)cc2)C1. The van der Waals surface area contributed by atoms with Gasteiger partial charge in [0.05, 0.1) is 5.69 Å². The zero-order chi connectivity index (χ0) is 16.8. The molecule has 3 rings (SSSR count). The Labute approximate surface area is 160 Å². The average molecular weight is 406 g/mol. The van der Waals surface area contributed by atoms with Crippen LogP contribution in [0.2, 0.25) is 0 Å². The lowest BCUT2D eigenvalue weighted by Gasteiger charge is -2.34. The number of rotatable bonds is 6. The molecule has 0 saturated carbocycles. The Bertz CT molecular complexity index is 609. The van der Waals surface area contributed by atoms with Crippen molar-refractivity contribution >= 4 is 17.0 Å². The lowest BCUT2D eigenvalue weighted by atomic mass is 10.0. The van der Waals surface area contributed by atoms with E-state index in [1.165, 1.54) is 11.1 Å². The van der Waals surface area contributed by atoms with Crippen molar-refractivity contribution in [2.24, 2.45) is 11.5 Å². The number of nitrogens with zero attached hydrogens (tertiary/aromatic N) is 2. The molecule has 1 aromatic carbocycles. The Hall–Kier alpha value is -1.31. The molecule has 2 heterocycles. The summed E-state index contributed by atoms with van der Waals surface area (Å²) in [5, 5.41) is 3.42. The van der Waals surface area contributed by atoms with Crippen LogP contribution >= 0.6 is 17.0 Å². The number of halogens is 1. The second-order valence-electron chi connectivity index (χ2n) is 6.69. The van der Waals surface area contributed by atoms with Crippen molar-refractivity contribution in [1.82, 2.24) is 15.2 Å². The minimum Gasteiger partial charge on any atom is -0.326 e. The first kappa shape index (κ1) is 20.0. The highest BCUT2D eigenvalue weighted by Gasteiger charge is 2.22. The molecule has 25 heavy (non-hydrogen) atoms. The van der Waals surface area contributed by atoms with Crippen LogP contribution in [0, 0.1) is 0 Å². The number of nitrogens with two attached hydrogens (primary N) is 2. The summed E-state index contributed by atoms with van der Waals surface area (Å²) < 4.78 is 0. The molecule has 1 saturated heterocycles. The number of hydrogen-bond donors (Lipinski definition) is 3. The Morgan fingerprint density at radius 1 is 0.960 bits per heavy atom. The molecule has 0 unspecified atom stereocenters. The minimum absolute atomic E-state index is 0. The molecule has 136 valence electrons. The molecule has 0 spiro atoms. The van der Waals surface area contributed by atoms with Crippen molar-refractivity contribution in [3.8, 4) is 0 Å². The molecule has 6 heteroatoms. The van der Waals surface area contributed by atoms with Gasteiger partial charge in [-0.25, -0.2) is 0 Å². The van der Waals surface area contributed by atoms with E-state index in [0.717, 1.165) is 44.8 Å². The van der Waals surface area contributed by atoms with Crippen molar-refractivity contribution in [2.75, 3.05) is 13.1 Å². The molecule has 2 aromatic rings. The smallest absolute Gasteiger partial charge is 0.0541 e. The predicted molar refractivity (Wildman–Crippen MR) is 107 cm³/mol. The number of pyridine rings is 1. The number of piperidine rings is 1. The molecular formula is C19H28BrN5. The molecule has 0 radical (unpaired) electrons. The van der Waals surface area contributed by atoms with Gasteiger partial charge < -0.3 is 16.8 Å². The number of hydrogen-bond acceptors (Lipinski definition) is 5. The second kappa shape index (κ2) is 9.99. The van der Waals surface area contributed by atoms with Gasteiger partial charge in [0.25, 0.3) is 0 Å². The van der Waals surface area contributed by atoms with E-state index >= 15 is 0 Å². The molecule has 1 aliphatic rings. The third-order valence-electron chi connectivity index (χ3n) is 4.38. The number of nitrogens with one attached hydrogen (secondary N) is 1. The average Bonchev–Trinajstić information content (AvgIpc) is 2.56. The second-order valence-corrected chi connectivity index (χ2v) is 6.69. The van der Waals surface area contributed by atoms with Crippen molar-refractivity contribution < 1.29 is 0 Å². The van der Waals surface area contributed by atoms with Crippen LogP contribution in [-0.4, -0.2) is 35.1 Å². The Balaban J connectivity index is 0.00000225. The highest BCUT2D eigenvalue weighted by Crippen LogP contribution is 2.13. The van der Waals surface area contributed by atoms with Gasteiger partial charge in [-0.2, -0.15) is 0 Å². The lowest BCUT2D eigenvalue weighted by molar-refractivity contribution is 0.183. The molecule has 5 nitrogen and oxygen atoms in total. The van der Waals surface area contributed by atoms with E-state index in [4.69, 9.17) is 11.5 Å². The summed E-state index contributed by atoms with van der Waals surface area (Å²) >= 11 is 0. The summed E-state index contributed by atoms with van der Waals surface area (Å²) in [7, 11) is 0. The molecule has 1 aliphatic heterocycles. The van der Waals surface area contributed by atoms with Gasteiger partial charge in [-0.1, -0.05) is 30.3 Å². The van der Waals surface area contributed by atoms with Gasteiger partial charge in [-0.05, 0) is 29.7 Å². The van der Waals surface area contributed by atoms with Crippen molar-refractivity contribution in [3.05, 3.63) is 65.5 Å². The molecule has 1 fully saturated rings. The summed E-state index contributed by atoms with van der Waals surface area (Å²) in [5.74, 6) is 0. The Kier molecular flexibility index (Phi) is 7.99. The van der Waals surface area contributed by atoms with Crippen LogP contribution in [0.25, 0.3) is 0 Å². The number of likely N-dealkylation sites (tertiary alicyclic amines) is 1. The monoisotopic (exact) mass is 405 g/mol. The third kappa shape index (κ3) is 6.49. The first-order valence-electron chi connectivity index (χ1n) is 8.61.